The molecule has 8 heteroatoms. The third-order valence-corrected chi connectivity index (χ3v) is 3.33. The lowest BCUT2D eigenvalue weighted by Gasteiger charge is -2.10. The Bertz CT molecular complexity index is 832. The van der Waals surface area contributed by atoms with E-state index in [9.17, 15) is 22.8 Å². The van der Waals surface area contributed by atoms with Crippen LogP contribution in [0.1, 0.15) is 15.9 Å². The van der Waals surface area contributed by atoms with Crippen molar-refractivity contribution in [2.24, 2.45) is 0 Å². The number of esters is 1. The molecule has 5 nitrogen and oxygen atoms in total. The fourth-order valence-corrected chi connectivity index (χ4v) is 2.05. The van der Waals surface area contributed by atoms with E-state index in [0.717, 1.165) is 18.2 Å². The highest BCUT2D eigenvalue weighted by atomic mass is 19.3. The van der Waals surface area contributed by atoms with Gasteiger partial charge in [0.05, 0.1) is 7.11 Å². The summed E-state index contributed by atoms with van der Waals surface area (Å²) < 4.78 is 51.4. The molecule has 0 radical (unpaired) electrons. The topological polar surface area (TPSA) is 61.8 Å². The molecule has 0 N–H and O–H groups in total. The zero-order valence-corrected chi connectivity index (χ0v) is 14.2. The van der Waals surface area contributed by atoms with Crippen molar-refractivity contribution >= 4 is 17.8 Å². The van der Waals surface area contributed by atoms with Crippen LogP contribution in [0.4, 0.5) is 13.2 Å². The number of carbonyl (C=O) groups excluding carboxylic acids is 2. The third kappa shape index (κ3) is 6.18. The summed E-state index contributed by atoms with van der Waals surface area (Å²) >= 11 is 0. The number of halogens is 3. The van der Waals surface area contributed by atoms with E-state index in [0.29, 0.717) is 5.56 Å². The lowest BCUT2D eigenvalue weighted by molar-refractivity contribution is -0.136. The van der Waals surface area contributed by atoms with Crippen LogP contribution in [0.3, 0.4) is 0 Å². The Morgan fingerprint density at radius 3 is 2.41 bits per heavy atom. The zero-order valence-electron chi connectivity index (χ0n) is 14.2. The van der Waals surface area contributed by atoms with Gasteiger partial charge in [-0.05, 0) is 48.0 Å². The Balaban J connectivity index is 1.94. The van der Waals surface area contributed by atoms with Crippen molar-refractivity contribution in [1.82, 2.24) is 0 Å². The van der Waals surface area contributed by atoms with Crippen LogP contribution in [0.5, 0.6) is 11.5 Å². The highest BCUT2D eigenvalue weighted by Crippen LogP contribution is 2.29. The molecule has 0 aromatic heterocycles. The summed E-state index contributed by atoms with van der Waals surface area (Å²) in [5, 5.41) is 0. The van der Waals surface area contributed by atoms with E-state index >= 15 is 0 Å². The number of hydrogen-bond acceptors (Lipinski definition) is 5. The summed E-state index contributed by atoms with van der Waals surface area (Å²) in [6.45, 7) is -3.49. The summed E-state index contributed by atoms with van der Waals surface area (Å²) in [6.07, 6.45) is 2.43. The van der Waals surface area contributed by atoms with E-state index in [1.54, 1.807) is 0 Å². The minimum Gasteiger partial charge on any atom is -0.493 e. The standard InChI is InChI=1S/C19H15F3O5/c1-25-17-10-12(2-8-16(17)27-19(21)22)3-9-18(24)26-11-15(23)13-4-6-14(20)7-5-13/h2-10,19H,11H2,1H3/b9-3+. The summed E-state index contributed by atoms with van der Waals surface area (Å²) in [7, 11) is 1.29. The molecule has 142 valence electrons. The second-order valence-corrected chi connectivity index (χ2v) is 5.16. The Hall–Kier alpha value is -3.29. The molecule has 27 heavy (non-hydrogen) atoms. The highest BCUT2D eigenvalue weighted by molar-refractivity contribution is 5.98. The quantitative estimate of drug-likeness (QED) is 0.395. The molecule has 0 saturated heterocycles. The van der Waals surface area contributed by atoms with Gasteiger partial charge in [-0.3, -0.25) is 4.79 Å². The van der Waals surface area contributed by atoms with Crippen molar-refractivity contribution in [2.75, 3.05) is 13.7 Å². The molecule has 2 aromatic carbocycles. The minimum atomic E-state index is -2.99. The number of alkyl halides is 2. The molecule has 0 bridgehead atoms. The summed E-state index contributed by atoms with van der Waals surface area (Å²) in [5.41, 5.74) is 0.683. The third-order valence-electron chi connectivity index (χ3n) is 3.33. The minimum absolute atomic E-state index is 0.0669. The second kappa shape index (κ2) is 9.42. The molecule has 0 saturated carbocycles. The lowest BCUT2D eigenvalue weighted by Crippen LogP contribution is -2.12. The van der Waals surface area contributed by atoms with Gasteiger partial charge in [0.2, 0.25) is 0 Å². The Morgan fingerprint density at radius 2 is 1.78 bits per heavy atom. The van der Waals surface area contributed by atoms with Gasteiger partial charge in [-0.25, -0.2) is 9.18 Å². The Kier molecular flexibility index (Phi) is 6.99. The normalized spacial score (nSPS) is 10.9. The molecule has 0 heterocycles. The molecule has 2 rings (SSSR count). The average molecular weight is 380 g/mol. The molecule has 0 atom stereocenters. The van der Waals surface area contributed by atoms with E-state index in [1.165, 1.54) is 43.5 Å². The number of ketones is 1. The predicted molar refractivity (Wildman–Crippen MR) is 90.3 cm³/mol. The van der Waals surface area contributed by atoms with Gasteiger partial charge < -0.3 is 14.2 Å². The number of ether oxygens (including phenoxy) is 3. The van der Waals surface area contributed by atoms with Crippen molar-refractivity contribution in [2.45, 2.75) is 6.61 Å². The molecular formula is C19H15F3O5. The fraction of sp³-hybridized carbons (Fsp3) is 0.158. The van der Waals surface area contributed by atoms with E-state index < -0.39 is 30.8 Å². The van der Waals surface area contributed by atoms with E-state index in [1.807, 2.05) is 0 Å². The lowest BCUT2D eigenvalue weighted by atomic mass is 10.1. The van der Waals surface area contributed by atoms with Gasteiger partial charge in [0.15, 0.2) is 23.9 Å². The predicted octanol–water partition coefficient (Wildman–Crippen LogP) is 3.88. The highest BCUT2D eigenvalue weighted by Gasteiger charge is 2.11. The number of benzene rings is 2. The summed E-state index contributed by atoms with van der Waals surface area (Å²) in [6, 6.07) is 8.94. The Labute approximate surface area is 153 Å². The number of methoxy groups -OCH3 is 1. The monoisotopic (exact) mass is 380 g/mol. The molecule has 0 aliphatic heterocycles. The molecule has 0 unspecified atom stereocenters. The first-order valence-electron chi connectivity index (χ1n) is 7.65. The molecule has 0 spiro atoms. The Morgan fingerprint density at radius 1 is 1.07 bits per heavy atom. The van der Waals surface area contributed by atoms with Crippen molar-refractivity contribution in [3.63, 3.8) is 0 Å². The molecular weight excluding hydrogens is 365 g/mol. The maximum Gasteiger partial charge on any atom is 0.387 e. The summed E-state index contributed by atoms with van der Waals surface area (Å²) in [5.74, 6) is -1.81. The van der Waals surface area contributed by atoms with Crippen LogP contribution in [0.2, 0.25) is 0 Å². The summed E-state index contributed by atoms with van der Waals surface area (Å²) in [4.78, 5) is 23.5. The van der Waals surface area contributed by atoms with Gasteiger partial charge in [0.1, 0.15) is 5.82 Å². The number of Topliss-reactive ketones (excluding diaryl/α,β-unsaturated/α-hetero) is 1. The number of rotatable bonds is 8. The second-order valence-electron chi connectivity index (χ2n) is 5.16. The van der Waals surface area contributed by atoms with E-state index in [4.69, 9.17) is 9.47 Å². The van der Waals surface area contributed by atoms with Gasteiger partial charge in [0.25, 0.3) is 0 Å². The zero-order chi connectivity index (χ0) is 19.8. The van der Waals surface area contributed by atoms with E-state index in [-0.39, 0.29) is 17.1 Å². The molecule has 0 aliphatic rings. The number of hydrogen-bond donors (Lipinski definition) is 0. The van der Waals surface area contributed by atoms with E-state index in [2.05, 4.69) is 4.74 Å². The van der Waals surface area contributed by atoms with Crippen LogP contribution in [0.15, 0.2) is 48.5 Å². The average Bonchev–Trinajstić information content (AvgIpc) is 2.65. The van der Waals surface area contributed by atoms with Gasteiger partial charge in [0, 0.05) is 11.6 Å². The molecule has 0 amide bonds. The van der Waals surface area contributed by atoms with Crippen LogP contribution >= 0.6 is 0 Å². The molecule has 2 aromatic rings. The van der Waals surface area contributed by atoms with Gasteiger partial charge >= 0.3 is 12.6 Å². The fourth-order valence-electron chi connectivity index (χ4n) is 2.05. The van der Waals surface area contributed by atoms with Crippen LogP contribution in [0.25, 0.3) is 6.08 Å². The largest absolute Gasteiger partial charge is 0.493 e. The molecule has 0 aliphatic carbocycles. The van der Waals surface area contributed by atoms with Gasteiger partial charge in [-0.15, -0.1) is 0 Å². The maximum atomic E-state index is 12.8. The SMILES string of the molecule is COc1cc(/C=C/C(=O)OCC(=O)c2ccc(F)cc2)ccc1OC(F)F. The van der Waals surface area contributed by atoms with Crippen molar-refractivity contribution in [3.8, 4) is 11.5 Å². The van der Waals surface area contributed by atoms with Crippen LogP contribution in [-0.2, 0) is 9.53 Å². The van der Waals surface area contributed by atoms with Crippen LogP contribution in [0, 0.1) is 5.82 Å². The van der Waals surface area contributed by atoms with Gasteiger partial charge in [-0.1, -0.05) is 6.07 Å². The van der Waals surface area contributed by atoms with Crippen molar-refractivity contribution in [1.29, 1.82) is 0 Å². The smallest absolute Gasteiger partial charge is 0.387 e. The first-order chi connectivity index (χ1) is 12.9. The molecule has 0 fully saturated rings. The first kappa shape index (κ1) is 20.0. The van der Waals surface area contributed by atoms with Crippen LogP contribution in [-0.4, -0.2) is 32.1 Å². The number of carbonyl (C=O) groups is 2. The van der Waals surface area contributed by atoms with Crippen molar-refractivity contribution < 1.29 is 37.0 Å². The van der Waals surface area contributed by atoms with Crippen LogP contribution < -0.4 is 9.47 Å². The van der Waals surface area contributed by atoms with Crippen molar-refractivity contribution in [3.05, 3.63) is 65.5 Å². The first-order valence-corrected chi connectivity index (χ1v) is 7.65. The van der Waals surface area contributed by atoms with Gasteiger partial charge in [-0.2, -0.15) is 8.78 Å². The maximum absolute atomic E-state index is 12.8.